The fraction of sp³-hybridized carbons (Fsp3) is 0.250. The number of anilines is 2. The molecule has 6 N–H and O–H groups in total. The van der Waals surface area contributed by atoms with E-state index in [1.807, 2.05) is 6.07 Å². The molecule has 0 saturated carbocycles. The van der Waals surface area contributed by atoms with Crippen LogP contribution in [0.3, 0.4) is 0 Å². The summed E-state index contributed by atoms with van der Waals surface area (Å²) in [7, 11) is -4.66. The molecule has 32 heavy (non-hydrogen) atoms. The number of hydrogen-bond donors (Lipinski definition) is 6. The maximum atomic E-state index is 11.7. The molecular formula is C16H18N6O8S2. The smallest absolute Gasteiger partial charge is 0.296 e. The van der Waals surface area contributed by atoms with Crippen LogP contribution >= 0.6 is 12.0 Å². The number of rotatable bonds is 12. The van der Waals surface area contributed by atoms with Crippen LogP contribution in [0.25, 0.3) is 0 Å². The van der Waals surface area contributed by atoms with Crippen molar-refractivity contribution in [3.63, 3.8) is 0 Å². The second kappa shape index (κ2) is 12.2. The number of benzene rings is 1. The molecule has 0 radical (unpaired) electrons. The summed E-state index contributed by atoms with van der Waals surface area (Å²) < 4.78 is 37.1. The lowest BCUT2D eigenvalue weighted by molar-refractivity contribution is -0.432. The summed E-state index contributed by atoms with van der Waals surface area (Å²) in [6.45, 7) is -0.229. The van der Waals surface area contributed by atoms with Crippen molar-refractivity contribution in [2.24, 2.45) is 10.2 Å². The van der Waals surface area contributed by atoms with Gasteiger partial charge in [-0.3, -0.25) is 4.55 Å². The molecule has 0 bridgehead atoms. The van der Waals surface area contributed by atoms with Crippen molar-refractivity contribution in [2.75, 3.05) is 36.9 Å². The molecule has 1 aromatic carbocycles. The van der Waals surface area contributed by atoms with E-state index in [-0.39, 0.29) is 59.8 Å². The van der Waals surface area contributed by atoms with E-state index in [9.17, 15) is 18.2 Å². The molecular weight excluding hydrogens is 468 g/mol. The number of nitrogens with zero attached hydrogens (tertiary/aromatic N) is 4. The Balaban J connectivity index is 2.53. The van der Waals surface area contributed by atoms with Gasteiger partial charge < -0.3 is 20.8 Å². The second-order valence-corrected chi connectivity index (χ2v) is 7.86. The highest BCUT2D eigenvalue weighted by molar-refractivity contribution is 7.94. The van der Waals surface area contributed by atoms with Crippen molar-refractivity contribution in [3.8, 4) is 6.07 Å². The van der Waals surface area contributed by atoms with Crippen LogP contribution in [0.15, 0.2) is 44.3 Å². The fourth-order valence-electron chi connectivity index (χ4n) is 2.29. The maximum absolute atomic E-state index is 11.7. The fourth-order valence-corrected chi connectivity index (χ4v) is 3.28. The summed E-state index contributed by atoms with van der Waals surface area (Å²) in [5, 5.41) is 52.5. The van der Waals surface area contributed by atoms with Crippen LogP contribution < -0.4 is 10.6 Å². The molecule has 1 aromatic heterocycles. The SMILES string of the molecule is N#Cc1cc(/N=N/c2cc(SOOO)ccc2S(=O)(=O)O)c(NCCO)nc1NCCO. The Hall–Kier alpha value is -2.88. The Kier molecular flexibility index (Phi) is 9.70. The zero-order valence-corrected chi connectivity index (χ0v) is 17.8. The third-order valence-corrected chi connectivity index (χ3v) is 5.04. The van der Waals surface area contributed by atoms with Gasteiger partial charge in [-0.2, -0.15) is 13.7 Å². The minimum atomic E-state index is -4.66. The van der Waals surface area contributed by atoms with E-state index in [0.717, 1.165) is 6.07 Å². The van der Waals surface area contributed by atoms with E-state index < -0.39 is 15.0 Å². The number of nitriles is 1. The van der Waals surface area contributed by atoms with Gasteiger partial charge in [-0.05, 0) is 24.3 Å². The van der Waals surface area contributed by atoms with Crippen LogP contribution in [-0.4, -0.2) is 59.7 Å². The Morgan fingerprint density at radius 3 is 2.34 bits per heavy atom. The Morgan fingerprint density at radius 2 is 1.75 bits per heavy atom. The quantitative estimate of drug-likeness (QED) is 0.0830. The predicted molar refractivity (Wildman–Crippen MR) is 111 cm³/mol. The van der Waals surface area contributed by atoms with E-state index in [1.54, 1.807) is 0 Å². The van der Waals surface area contributed by atoms with E-state index >= 15 is 0 Å². The van der Waals surface area contributed by atoms with Crippen LogP contribution in [0.5, 0.6) is 0 Å². The van der Waals surface area contributed by atoms with Gasteiger partial charge in [0.05, 0.1) is 30.8 Å². The summed E-state index contributed by atoms with van der Waals surface area (Å²) in [5.74, 6) is 0.261. The van der Waals surface area contributed by atoms with Crippen LogP contribution in [0.2, 0.25) is 0 Å². The standard InChI is InChI=1S/C16H18N6O8S2/c17-9-10-7-13(16(19-4-6-24)20-15(10)18-3-5-23)22-21-12-8-11(31-30-29-25)1-2-14(12)32(26,27)28/h1-2,7-8,23-25H,3-6H2,(H2,18,19,20)(H,26,27,28)/b22-21+. The molecule has 16 heteroatoms. The summed E-state index contributed by atoms with van der Waals surface area (Å²) in [6.07, 6.45) is 0. The highest BCUT2D eigenvalue weighted by atomic mass is 32.2. The zero-order chi connectivity index (χ0) is 23.6. The summed E-state index contributed by atoms with van der Waals surface area (Å²) in [4.78, 5) is 3.89. The molecule has 0 unspecified atom stereocenters. The molecule has 172 valence electrons. The molecule has 0 fully saturated rings. The lowest BCUT2D eigenvalue weighted by Gasteiger charge is -2.12. The first kappa shape index (κ1) is 25.4. The number of nitrogens with one attached hydrogen (secondary N) is 2. The summed E-state index contributed by atoms with van der Waals surface area (Å²) >= 11 is 0.531. The van der Waals surface area contributed by atoms with Gasteiger partial charge >= 0.3 is 0 Å². The van der Waals surface area contributed by atoms with Crippen molar-refractivity contribution >= 4 is 45.2 Å². The number of hydrogen-bond acceptors (Lipinski definition) is 14. The number of pyridine rings is 1. The summed E-state index contributed by atoms with van der Waals surface area (Å²) in [6, 6.07) is 6.71. The van der Waals surface area contributed by atoms with E-state index in [0.29, 0.717) is 12.0 Å². The minimum Gasteiger partial charge on any atom is -0.395 e. The number of azo groups is 1. The van der Waals surface area contributed by atoms with Gasteiger partial charge in [0.2, 0.25) is 0 Å². The van der Waals surface area contributed by atoms with Crippen LogP contribution in [-0.2, 0) is 19.5 Å². The van der Waals surface area contributed by atoms with Gasteiger partial charge in [0.15, 0.2) is 5.82 Å². The lowest BCUT2D eigenvalue weighted by atomic mass is 10.2. The molecule has 1 heterocycles. The van der Waals surface area contributed by atoms with Crippen molar-refractivity contribution in [2.45, 2.75) is 9.79 Å². The molecule has 14 nitrogen and oxygen atoms in total. The first-order valence-electron chi connectivity index (χ1n) is 8.66. The molecule has 0 amide bonds. The lowest BCUT2D eigenvalue weighted by Crippen LogP contribution is -2.12. The molecule has 0 aliphatic rings. The number of aliphatic hydroxyl groups is 2. The van der Waals surface area contributed by atoms with Crippen molar-refractivity contribution in [1.29, 1.82) is 5.26 Å². The monoisotopic (exact) mass is 486 g/mol. The first-order valence-corrected chi connectivity index (χ1v) is 10.8. The molecule has 0 spiro atoms. The van der Waals surface area contributed by atoms with Crippen LogP contribution in [0.1, 0.15) is 5.56 Å². The normalized spacial score (nSPS) is 11.5. The van der Waals surface area contributed by atoms with Crippen molar-refractivity contribution < 1.29 is 37.8 Å². The maximum Gasteiger partial charge on any atom is 0.296 e. The number of aliphatic hydroxyl groups excluding tert-OH is 2. The number of aromatic nitrogens is 1. The van der Waals surface area contributed by atoms with Gasteiger partial charge in [-0.1, -0.05) is 5.04 Å². The first-order chi connectivity index (χ1) is 15.3. The molecule has 2 rings (SSSR count). The average molecular weight is 486 g/mol. The summed E-state index contributed by atoms with van der Waals surface area (Å²) in [5.41, 5.74) is -0.193. The van der Waals surface area contributed by atoms with Crippen LogP contribution in [0.4, 0.5) is 23.0 Å². The topological polar surface area (TPSA) is 219 Å². The average Bonchev–Trinajstić information content (AvgIpc) is 2.78. The minimum absolute atomic E-state index is 0.0267. The molecule has 0 saturated heterocycles. The van der Waals surface area contributed by atoms with E-state index in [4.69, 9.17) is 15.5 Å². The van der Waals surface area contributed by atoms with Gasteiger partial charge in [0.25, 0.3) is 10.1 Å². The second-order valence-electron chi connectivity index (χ2n) is 5.70. The zero-order valence-electron chi connectivity index (χ0n) is 16.2. The Morgan fingerprint density at radius 1 is 1.09 bits per heavy atom. The molecule has 0 aliphatic heterocycles. The third-order valence-electron chi connectivity index (χ3n) is 3.57. The Bertz CT molecular complexity index is 1110. The van der Waals surface area contributed by atoms with Crippen molar-refractivity contribution in [1.82, 2.24) is 4.98 Å². The van der Waals surface area contributed by atoms with E-state index in [2.05, 4.69) is 35.2 Å². The molecule has 0 atom stereocenters. The van der Waals surface area contributed by atoms with Crippen LogP contribution in [0, 0.1) is 11.3 Å². The highest BCUT2D eigenvalue weighted by Gasteiger charge is 2.18. The molecule has 0 aliphatic carbocycles. The van der Waals surface area contributed by atoms with Crippen molar-refractivity contribution in [3.05, 3.63) is 29.8 Å². The van der Waals surface area contributed by atoms with Gasteiger partial charge in [0.1, 0.15) is 28.2 Å². The van der Waals surface area contributed by atoms with Gasteiger partial charge in [0, 0.05) is 18.0 Å². The largest absolute Gasteiger partial charge is 0.395 e. The third kappa shape index (κ3) is 7.08. The molecule has 2 aromatic rings. The van der Waals surface area contributed by atoms with E-state index in [1.165, 1.54) is 18.2 Å². The predicted octanol–water partition coefficient (Wildman–Crippen LogP) is 1.85. The highest BCUT2D eigenvalue weighted by Crippen LogP contribution is 2.34. The van der Waals surface area contributed by atoms with Gasteiger partial charge in [-0.15, -0.1) is 14.6 Å². The van der Waals surface area contributed by atoms with Gasteiger partial charge in [-0.25, -0.2) is 10.2 Å². The Labute approximate surface area is 186 Å².